The van der Waals surface area contributed by atoms with Gasteiger partial charge in [-0.25, -0.2) is 0 Å². The summed E-state index contributed by atoms with van der Waals surface area (Å²) >= 11 is 0. The molecule has 1 aliphatic rings. The Morgan fingerprint density at radius 2 is 1.67 bits per heavy atom. The fourth-order valence-electron chi connectivity index (χ4n) is 2.60. The molecule has 100 valence electrons. The highest BCUT2D eigenvalue weighted by molar-refractivity contribution is 6.58. The fourth-order valence-corrected chi connectivity index (χ4v) is 2.60. The van der Waals surface area contributed by atoms with Gasteiger partial charge in [0.2, 0.25) is 0 Å². The molecule has 1 aliphatic heterocycles. The van der Waals surface area contributed by atoms with Gasteiger partial charge in [-0.2, -0.15) is 0 Å². The molecule has 1 saturated heterocycles. The van der Waals surface area contributed by atoms with Crippen molar-refractivity contribution in [1.29, 1.82) is 0 Å². The van der Waals surface area contributed by atoms with Crippen molar-refractivity contribution in [3.63, 3.8) is 0 Å². The van der Waals surface area contributed by atoms with E-state index in [0.29, 0.717) is 12.8 Å². The van der Waals surface area contributed by atoms with E-state index < -0.39 is 13.3 Å². The minimum atomic E-state index is -4.62. The van der Waals surface area contributed by atoms with Gasteiger partial charge in [-0.1, -0.05) is 42.6 Å². The molecule has 2 rings (SSSR count). The summed E-state index contributed by atoms with van der Waals surface area (Å²) in [4.78, 5) is 2.25. The molecule has 0 radical (unpaired) electrons. The van der Waals surface area contributed by atoms with Gasteiger partial charge in [0.1, 0.15) is 0 Å². The molecule has 0 aliphatic carbocycles. The number of halogens is 3. The Hall–Kier alpha value is -0.965. The van der Waals surface area contributed by atoms with E-state index in [9.17, 15) is 12.9 Å². The third kappa shape index (κ3) is 4.37. The van der Waals surface area contributed by atoms with Crippen LogP contribution in [0.4, 0.5) is 12.9 Å². The number of rotatable bonds is 4. The van der Waals surface area contributed by atoms with Crippen molar-refractivity contribution in [1.82, 2.24) is 4.90 Å². The summed E-state index contributed by atoms with van der Waals surface area (Å²) in [5, 5.41) is 0. The van der Waals surface area contributed by atoms with Gasteiger partial charge in [0.15, 0.2) is 0 Å². The minimum absolute atomic E-state index is 0.156. The van der Waals surface area contributed by atoms with Crippen molar-refractivity contribution < 1.29 is 12.9 Å². The first-order chi connectivity index (χ1) is 8.53. The molecular weight excluding hydrogens is 238 g/mol. The van der Waals surface area contributed by atoms with Crippen LogP contribution in [0.1, 0.15) is 18.4 Å². The fraction of sp³-hybridized carbons (Fsp3) is 0.538. The normalized spacial score (nSPS) is 19.1. The first-order valence-corrected chi connectivity index (χ1v) is 6.50. The lowest BCUT2D eigenvalue weighted by atomic mass is 9.74. The minimum Gasteiger partial charge on any atom is -0.449 e. The maximum atomic E-state index is 12.3. The van der Waals surface area contributed by atoms with Crippen molar-refractivity contribution in [2.45, 2.75) is 25.7 Å². The lowest BCUT2D eigenvalue weighted by Gasteiger charge is -2.34. The van der Waals surface area contributed by atoms with Crippen LogP contribution in [0.3, 0.4) is 0 Å². The Morgan fingerprint density at radius 1 is 1.06 bits per heavy atom. The summed E-state index contributed by atoms with van der Waals surface area (Å²) in [6.07, 6.45) is 0.793. The van der Waals surface area contributed by atoms with E-state index in [0.717, 1.165) is 19.6 Å². The Bertz CT molecular complexity index is 358. The second-order valence-corrected chi connectivity index (χ2v) is 5.15. The molecule has 0 spiro atoms. The summed E-state index contributed by atoms with van der Waals surface area (Å²) in [6.45, 7) is -2.20. The maximum Gasteiger partial charge on any atom is 0.478 e. The molecule has 0 aromatic heterocycles. The predicted molar refractivity (Wildman–Crippen MR) is 68.3 cm³/mol. The van der Waals surface area contributed by atoms with Crippen LogP contribution in [0.2, 0.25) is 6.32 Å². The summed E-state index contributed by atoms with van der Waals surface area (Å²) < 4.78 is 37.0. The van der Waals surface area contributed by atoms with Crippen LogP contribution >= 0.6 is 0 Å². The number of benzene rings is 1. The van der Waals surface area contributed by atoms with Crippen LogP contribution in [0, 0.1) is 5.92 Å². The smallest absolute Gasteiger partial charge is 0.449 e. The second-order valence-electron chi connectivity index (χ2n) is 5.15. The first kappa shape index (κ1) is 13.5. The highest BCUT2D eigenvalue weighted by Gasteiger charge is 2.29. The van der Waals surface area contributed by atoms with E-state index in [1.54, 1.807) is 0 Å². The third-order valence-corrected chi connectivity index (χ3v) is 3.56. The average Bonchev–Trinajstić information content (AvgIpc) is 2.31. The Balaban J connectivity index is 1.77. The standard InChI is InChI=1S/C13H18BF3N/c15-14(16,17)10-12-6-8-18(9-7-12)11-13-4-2-1-3-5-13/h1-5,12H,6-11H2/q-1. The van der Waals surface area contributed by atoms with Crippen LogP contribution in [0.15, 0.2) is 30.3 Å². The molecule has 5 heteroatoms. The molecular formula is C13H18BF3N-. The lowest BCUT2D eigenvalue weighted by Crippen LogP contribution is -2.35. The zero-order valence-corrected chi connectivity index (χ0v) is 10.4. The summed E-state index contributed by atoms with van der Waals surface area (Å²) in [7, 11) is 0. The van der Waals surface area contributed by atoms with Crippen LogP contribution in [-0.4, -0.2) is 25.0 Å². The maximum absolute atomic E-state index is 12.3. The van der Waals surface area contributed by atoms with Gasteiger partial charge in [-0.15, -0.1) is 0 Å². The molecule has 0 atom stereocenters. The highest BCUT2D eigenvalue weighted by Crippen LogP contribution is 2.29. The Labute approximate surface area is 106 Å². The van der Waals surface area contributed by atoms with Crippen molar-refractivity contribution >= 4 is 6.98 Å². The van der Waals surface area contributed by atoms with Gasteiger partial charge < -0.3 is 12.9 Å². The molecule has 0 N–H and O–H groups in total. The van der Waals surface area contributed by atoms with Crippen LogP contribution in [0.5, 0.6) is 0 Å². The molecule has 18 heavy (non-hydrogen) atoms. The van der Waals surface area contributed by atoms with Crippen molar-refractivity contribution in [2.75, 3.05) is 13.1 Å². The molecule has 0 amide bonds. The zero-order valence-electron chi connectivity index (χ0n) is 10.4. The number of hydrogen-bond acceptors (Lipinski definition) is 1. The molecule has 1 fully saturated rings. The quantitative estimate of drug-likeness (QED) is 0.741. The zero-order chi connectivity index (χ0) is 13.0. The molecule has 1 nitrogen and oxygen atoms in total. The number of hydrogen-bond donors (Lipinski definition) is 0. The van der Waals surface area contributed by atoms with E-state index in [1.165, 1.54) is 5.56 Å². The van der Waals surface area contributed by atoms with E-state index >= 15 is 0 Å². The molecule has 1 aromatic rings. The lowest BCUT2D eigenvalue weighted by molar-refractivity contribution is 0.180. The van der Waals surface area contributed by atoms with E-state index in [2.05, 4.69) is 17.0 Å². The Kier molecular flexibility index (Phi) is 4.33. The van der Waals surface area contributed by atoms with Gasteiger partial charge in [0.05, 0.1) is 0 Å². The monoisotopic (exact) mass is 256 g/mol. The van der Waals surface area contributed by atoms with Gasteiger partial charge in [0, 0.05) is 6.54 Å². The van der Waals surface area contributed by atoms with Crippen LogP contribution in [-0.2, 0) is 6.54 Å². The predicted octanol–water partition coefficient (Wildman–Crippen LogP) is 3.75. The molecule has 0 saturated carbocycles. The largest absolute Gasteiger partial charge is 0.478 e. The van der Waals surface area contributed by atoms with Gasteiger partial charge in [-0.05, 0) is 31.5 Å². The molecule has 1 heterocycles. The number of piperidine rings is 1. The molecule has 0 unspecified atom stereocenters. The topological polar surface area (TPSA) is 3.24 Å². The summed E-state index contributed by atoms with van der Waals surface area (Å²) in [6, 6.07) is 10.1. The van der Waals surface area contributed by atoms with Gasteiger partial charge >= 0.3 is 6.98 Å². The third-order valence-electron chi connectivity index (χ3n) is 3.56. The van der Waals surface area contributed by atoms with E-state index in [-0.39, 0.29) is 5.92 Å². The van der Waals surface area contributed by atoms with Gasteiger partial charge in [0.25, 0.3) is 0 Å². The summed E-state index contributed by atoms with van der Waals surface area (Å²) in [5.74, 6) is -0.156. The van der Waals surface area contributed by atoms with E-state index in [1.807, 2.05) is 18.2 Å². The number of likely N-dealkylation sites (tertiary alicyclic amines) is 1. The van der Waals surface area contributed by atoms with Crippen molar-refractivity contribution in [3.8, 4) is 0 Å². The number of nitrogens with zero attached hydrogens (tertiary/aromatic N) is 1. The van der Waals surface area contributed by atoms with Crippen LogP contribution in [0.25, 0.3) is 0 Å². The Morgan fingerprint density at radius 3 is 2.22 bits per heavy atom. The van der Waals surface area contributed by atoms with Crippen LogP contribution < -0.4 is 0 Å². The average molecular weight is 256 g/mol. The second kappa shape index (κ2) is 5.78. The highest BCUT2D eigenvalue weighted by atomic mass is 19.4. The first-order valence-electron chi connectivity index (χ1n) is 6.50. The molecule has 0 bridgehead atoms. The SMILES string of the molecule is F[B-](F)(F)CC1CCN(Cc2ccccc2)CC1. The van der Waals surface area contributed by atoms with Crippen molar-refractivity contribution in [3.05, 3.63) is 35.9 Å². The van der Waals surface area contributed by atoms with Crippen molar-refractivity contribution in [2.24, 2.45) is 5.92 Å². The molecule has 1 aromatic carbocycles. The van der Waals surface area contributed by atoms with E-state index in [4.69, 9.17) is 0 Å². The summed E-state index contributed by atoms with van der Waals surface area (Å²) in [5.41, 5.74) is 1.23. The van der Waals surface area contributed by atoms with Gasteiger partial charge in [-0.3, -0.25) is 4.90 Å².